The van der Waals surface area contributed by atoms with E-state index in [1.165, 1.54) is 47.4 Å². The second-order valence-corrected chi connectivity index (χ2v) is 4.44. The van der Waals surface area contributed by atoms with Gasteiger partial charge in [0.25, 0.3) is 5.91 Å². The topological polar surface area (TPSA) is 40.5 Å². The maximum absolute atomic E-state index is 12.8. The van der Waals surface area contributed by atoms with Gasteiger partial charge in [-0.15, -0.1) is 0 Å². The molecule has 1 amide bonds. The molecule has 0 radical (unpaired) electrons. The Morgan fingerprint density at radius 3 is 2.42 bits per heavy atom. The number of anilines is 1. The van der Waals surface area contributed by atoms with E-state index >= 15 is 0 Å². The van der Waals surface area contributed by atoms with Crippen molar-refractivity contribution in [1.29, 1.82) is 0 Å². The molecule has 0 aromatic heterocycles. The van der Waals surface area contributed by atoms with E-state index in [4.69, 9.17) is 11.6 Å². The molecule has 0 aliphatic rings. The van der Waals surface area contributed by atoms with E-state index in [-0.39, 0.29) is 17.1 Å². The van der Waals surface area contributed by atoms with Crippen LogP contribution >= 0.6 is 11.6 Å². The van der Waals surface area contributed by atoms with Crippen LogP contribution in [0.15, 0.2) is 42.5 Å². The van der Waals surface area contributed by atoms with Crippen molar-refractivity contribution < 1.29 is 14.3 Å². The zero-order valence-electron chi connectivity index (χ0n) is 10.1. The average molecular weight is 280 g/mol. The summed E-state index contributed by atoms with van der Waals surface area (Å²) in [7, 11) is 1.55. The van der Waals surface area contributed by atoms with Crippen molar-refractivity contribution in [3.05, 3.63) is 58.9 Å². The Hall–Kier alpha value is -2.07. The minimum atomic E-state index is -0.402. The number of carbonyl (C=O) groups is 1. The lowest BCUT2D eigenvalue weighted by atomic mass is 10.1. The van der Waals surface area contributed by atoms with E-state index in [2.05, 4.69) is 0 Å². The number of amides is 1. The molecule has 5 heteroatoms. The predicted octanol–water partition coefficient (Wildman–Crippen LogP) is 3.46. The number of benzene rings is 2. The van der Waals surface area contributed by atoms with Crippen LogP contribution in [-0.2, 0) is 0 Å². The second kappa shape index (κ2) is 5.28. The molecular formula is C14H11ClFNO2. The molecule has 0 aliphatic carbocycles. The summed E-state index contributed by atoms with van der Waals surface area (Å²) in [5, 5.41) is 10.1. The Labute approximate surface area is 114 Å². The SMILES string of the molecule is CN(C(=O)c1ccc(Cl)cc1O)c1ccc(F)cc1. The molecular weight excluding hydrogens is 269 g/mol. The fourth-order valence-corrected chi connectivity index (χ4v) is 1.81. The Balaban J connectivity index is 2.30. The van der Waals surface area contributed by atoms with Crippen molar-refractivity contribution in [3.8, 4) is 5.75 Å². The average Bonchev–Trinajstić information content (AvgIpc) is 2.38. The van der Waals surface area contributed by atoms with Crippen molar-refractivity contribution in [2.24, 2.45) is 0 Å². The highest BCUT2D eigenvalue weighted by Gasteiger charge is 2.17. The van der Waals surface area contributed by atoms with E-state index < -0.39 is 5.91 Å². The van der Waals surface area contributed by atoms with Crippen LogP contribution in [0.1, 0.15) is 10.4 Å². The van der Waals surface area contributed by atoms with Gasteiger partial charge in [-0.25, -0.2) is 4.39 Å². The Kier molecular flexibility index (Phi) is 3.71. The van der Waals surface area contributed by atoms with Crippen LogP contribution in [0, 0.1) is 5.82 Å². The fraction of sp³-hybridized carbons (Fsp3) is 0.0714. The molecule has 2 aromatic carbocycles. The molecule has 0 aliphatic heterocycles. The molecule has 0 saturated carbocycles. The van der Waals surface area contributed by atoms with E-state index in [0.29, 0.717) is 10.7 Å². The lowest BCUT2D eigenvalue weighted by Crippen LogP contribution is -2.26. The number of phenolic OH excluding ortho intramolecular Hbond substituents is 1. The number of aromatic hydroxyl groups is 1. The second-order valence-electron chi connectivity index (χ2n) is 4.00. The number of phenols is 1. The molecule has 2 rings (SSSR count). The maximum Gasteiger partial charge on any atom is 0.261 e. The third kappa shape index (κ3) is 2.85. The Morgan fingerprint density at radius 2 is 1.84 bits per heavy atom. The summed E-state index contributed by atoms with van der Waals surface area (Å²) in [5.74, 6) is -0.967. The maximum atomic E-state index is 12.8. The highest BCUT2D eigenvalue weighted by Crippen LogP contribution is 2.24. The van der Waals surface area contributed by atoms with Gasteiger partial charge >= 0.3 is 0 Å². The van der Waals surface area contributed by atoms with Crippen LogP contribution in [0.5, 0.6) is 5.75 Å². The molecule has 98 valence electrons. The first-order valence-electron chi connectivity index (χ1n) is 5.51. The molecule has 0 bridgehead atoms. The largest absolute Gasteiger partial charge is 0.507 e. The van der Waals surface area contributed by atoms with Gasteiger partial charge in [-0.3, -0.25) is 4.79 Å². The predicted molar refractivity (Wildman–Crippen MR) is 72.3 cm³/mol. The smallest absolute Gasteiger partial charge is 0.261 e. The van der Waals surface area contributed by atoms with Gasteiger partial charge in [0.15, 0.2) is 0 Å². The summed E-state index contributed by atoms with van der Waals surface area (Å²) >= 11 is 5.71. The fourth-order valence-electron chi connectivity index (χ4n) is 1.65. The molecule has 0 spiro atoms. The summed E-state index contributed by atoms with van der Waals surface area (Å²) in [6.07, 6.45) is 0. The van der Waals surface area contributed by atoms with E-state index in [9.17, 15) is 14.3 Å². The lowest BCUT2D eigenvalue weighted by Gasteiger charge is -2.18. The van der Waals surface area contributed by atoms with Gasteiger partial charge in [-0.05, 0) is 42.5 Å². The third-order valence-electron chi connectivity index (χ3n) is 2.71. The standard InChI is InChI=1S/C14H11ClFNO2/c1-17(11-5-3-10(16)4-6-11)14(19)12-7-2-9(15)8-13(12)18/h2-8,18H,1H3. The van der Waals surface area contributed by atoms with Crippen LogP contribution in [0.2, 0.25) is 5.02 Å². The van der Waals surface area contributed by atoms with E-state index in [1.807, 2.05) is 0 Å². The highest BCUT2D eigenvalue weighted by atomic mass is 35.5. The van der Waals surface area contributed by atoms with Gasteiger partial charge in [0, 0.05) is 17.8 Å². The van der Waals surface area contributed by atoms with Gasteiger partial charge in [0.1, 0.15) is 11.6 Å². The zero-order valence-corrected chi connectivity index (χ0v) is 10.9. The molecule has 1 N–H and O–H groups in total. The van der Waals surface area contributed by atoms with Crippen LogP contribution in [-0.4, -0.2) is 18.1 Å². The third-order valence-corrected chi connectivity index (χ3v) is 2.94. The van der Waals surface area contributed by atoms with Crippen LogP contribution in [0.3, 0.4) is 0 Å². The molecule has 0 heterocycles. The van der Waals surface area contributed by atoms with Gasteiger partial charge < -0.3 is 10.0 Å². The van der Waals surface area contributed by atoms with Crippen LogP contribution < -0.4 is 4.90 Å². The zero-order chi connectivity index (χ0) is 14.0. The van der Waals surface area contributed by atoms with Crippen molar-refractivity contribution in [1.82, 2.24) is 0 Å². The van der Waals surface area contributed by atoms with Crippen molar-refractivity contribution in [2.75, 3.05) is 11.9 Å². The number of halogens is 2. The first kappa shape index (κ1) is 13.4. The normalized spacial score (nSPS) is 10.3. The van der Waals surface area contributed by atoms with E-state index in [0.717, 1.165) is 0 Å². The first-order chi connectivity index (χ1) is 8.99. The van der Waals surface area contributed by atoms with E-state index in [1.54, 1.807) is 7.05 Å². The summed E-state index contributed by atoms with van der Waals surface area (Å²) in [6.45, 7) is 0. The molecule has 0 atom stereocenters. The van der Waals surface area contributed by atoms with Gasteiger partial charge in [0.05, 0.1) is 5.56 Å². The lowest BCUT2D eigenvalue weighted by molar-refractivity contribution is 0.0990. The molecule has 0 saturated heterocycles. The minimum Gasteiger partial charge on any atom is -0.507 e. The monoisotopic (exact) mass is 279 g/mol. The number of nitrogens with zero attached hydrogens (tertiary/aromatic N) is 1. The van der Waals surface area contributed by atoms with Gasteiger partial charge in [-0.2, -0.15) is 0 Å². The van der Waals surface area contributed by atoms with Crippen molar-refractivity contribution >= 4 is 23.2 Å². The van der Waals surface area contributed by atoms with Crippen LogP contribution in [0.25, 0.3) is 0 Å². The first-order valence-corrected chi connectivity index (χ1v) is 5.89. The van der Waals surface area contributed by atoms with Gasteiger partial charge in [0.2, 0.25) is 0 Å². The van der Waals surface area contributed by atoms with Crippen molar-refractivity contribution in [3.63, 3.8) is 0 Å². The summed E-state index contributed by atoms with van der Waals surface area (Å²) in [5.41, 5.74) is 0.664. The Bertz CT molecular complexity index is 613. The molecule has 0 fully saturated rings. The van der Waals surface area contributed by atoms with Crippen LogP contribution in [0.4, 0.5) is 10.1 Å². The number of carbonyl (C=O) groups excluding carboxylic acids is 1. The summed E-state index contributed by atoms with van der Waals surface area (Å²) in [6, 6.07) is 9.77. The number of rotatable bonds is 2. The molecule has 19 heavy (non-hydrogen) atoms. The van der Waals surface area contributed by atoms with Crippen molar-refractivity contribution in [2.45, 2.75) is 0 Å². The summed E-state index contributed by atoms with van der Waals surface area (Å²) < 4.78 is 12.8. The molecule has 0 unspecified atom stereocenters. The quantitative estimate of drug-likeness (QED) is 0.914. The number of hydrogen-bond acceptors (Lipinski definition) is 2. The highest BCUT2D eigenvalue weighted by molar-refractivity contribution is 6.31. The summed E-state index contributed by atoms with van der Waals surface area (Å²) in [4.78, 5) is 13.5. The molecule has 2 aromatic rings. The molecule has 3 nitrogen and oxygen atoms in total. The Morgan fingerprint density at radius 1 is 1.21 bits per heavy atom. The number of hydrogen-bond donors (Lipinski definition) is 1. The van der Waals surface area contributed by atoms with Gasteiger partial charge in [-0.1, -0.05) is 11.6 Å². The minimum absolute atomic E-state index is 0.135.